The van der Waals surface area contributed by atoms with E-state index in [1.165, 1.54) is 4.90 Å². The molecule has 1 saturated heterocycles. The van der Waals surface area contributed by atoms with Gasteiger partial charge in [-0.3, -0.25) is 4.79 Å². The van der Waals surface area contributed by atoms with Gasteiger partial charge in [0.15, 0.2) is 0 Å². The van der Waals surface area contributed by atoms with Crippen LogP contribution in [0.4, 0.5) is 0 Å². The van der Waals surface area contributed by atoms with E-state index < -0.39 is 17.6 Å². The highest BCUT2D eigenvalue weighted by atomic mass is 16.4. The van der Waals surface area contributed by atoms with Crippen LogP contribution in [-0.2, 0) is 9.59 Å². The Labute approximate surface area is 102 Å². The van der Waals surface area contributed by atoms with Crippen LogP contribution in [0.1, 0.15) is 40.0 Å². The molecule has 1 aliphatic rings. The summed E-state index contributed by atoms with van der Waals surface area (Å²) in [6, 6.07) is -0.722. The number of carboxylic acid groups (broad SMARTS) is 1. The van der Waals surface area contributed by atoms with Crippen molar-refractivity contribution < 1.29 is 14.7 Å². The van der Waals surface area contributed by atoms with Crippen molar-refractivity contribution in [3.63, 3.8) is 0 Å². The van der Waals surface area contributed by atoms with Crippen LogP contribution in [0.5, 0.6) is 0 Å². The second kappa shape index (κ2) is 5.04. The molecule has 1 fully saturated rings. The van der Waals surface area contributed by atoms with Crippen LogP contribution in [0.15, 0.2) is 0 Å². The predicted octanol–water partition coefficient (Wildman–Crippen LogP) is 0.825. The normalized spacial score (nSPS) is 28.6. The maximum atomic E-state index is 12.2. The lowest BCUT2D eigenvalue weighted by molar-refractivity contribution is -0.155. The number of nitrogens with two attached hydrogens (primary N) is 1. The summed E-state index contributed by atoms with van der Waals surface area (Å²) >= 11 is 0. The Morgan fingerprint density at radius 2 is 2.12 bits per heavy atom. The molecule has 17 heavy (non-hydrogen) atoms. The molecule has 0 spiro atoms. The van der Waals surface area contributed by atoms with Gasteiger partial charge in [0, 0.05) is 6.54 Å². The Balaban J connectivity index is 2.87. The van der Waals surface area contributed by atoms with Gasteiger partial charge in [0.25, 0.3) is 0 Å². The van der Waals surface area contributed by atoms with Crippen LogP contribution in [0, 0.1) is 5.92 Å². The Morgan fingerprint density at radius 1 is 1.53 bits per heavy atom. The number of rotatable bonds is 3. The molecule has 1 aliphatic heterocycles. The van der Waals surface area contributed by atoms with Crippen LogP contribution in [0.2, 0.25) is 0 Å². The van der Waals surface area contributed by atoms with E-state index in [-0.39, 0.29) is 5.91 Å². The zero-order valence-electron chi connectivity index (χ0n) is 10.8. The van der Waals surface area contributed by atoms with Crippen molar-refractivity contribution in [3.05, 3.63) is 0 Å². The molecule has 0 radical (unpaired) electrons. The van der Waals surface area contributed by atoms with Gasteiger partial charge in [-0.15, -0.1) is 0 Å². The summed E-state index contributed by atoms with van der Waals surface area (Å²) < 4.78 is 0. The van der Waals surface area contributed by atoms with Crippen LogP contribution < -0.4 is 5.73 Å². The van der Waals surface area contributed by atoms with Gasteiger partial charge in [-0.25, -0.2) is 4.79 Å². The van der Waals surface area contributed by atoms with E-state index in [4.69, 9.17) is 5.73 Å². The Bertz CT molecular complexity index is 315. The van der Waals surface area contributed by atoms with Gasteiger partial charge >= 0.3 is 5.97 Å². The minimum absolute atomic E-state index is 0.251. The number of aliphatic carboxylic acids is 1. The van der Waals surface area contributed by atoms with Crippen LogP contribution in [0.3, 0.4) is 0 Å². The Kier molecular flexibility index (Phi) is 4.14. The first-order valence-corrected chi connectivity index (χ1v) is 6.12. The van der Waals surface area contributed by atoms with Gasteiger partial charge in [0.2, 0.25) is 5.91 Å². The Morgan fingerprint density at radius 3 is 2.59 bits per heavy atom. The van der Waals surface area contributed by atoms with Crippen molar-refractivity contribution >= 4 is 11.9 Å². The molecule has 3 atom stereocenters. The highest BCUT2D eigenvalue weighted by Crippen LogP contribution is 2.25. The SMILES string of the molecule is CCC(C)(N)C(=O)N1CCC(C)CC1C(=O)O. The molecule has 5 heteroatoms. The first kappa shape index (κ1) is 14.0. The van der Waals surface area contributed by atoms with Gasteiger partial charge in [0.1, 0.15) is 6.04 Å². The lowest BCUT2D eigenvalue weighted by Crippen LogP contribution is -2.59. The standard InChI is InChI=1S/C12H22N2O3/c1-4-12(3,13)11(17)14-6-5-8(2)7-9(14)10(15)16/h8-9H,4-7,13H2,1-3H3,(H,15,16). The summed E-state index contributed by atoms with van der Waals surface area (Å²) in [6.45, 7) is 6.00. The van der Waals surface area contributed by atoms with Gasteiger partial charge in [-0.1, -0.05) is 13.8 Å². The van der Waals surface area contributed by atoms with E-state index in [0.29, 0.717) is 25.3 Å². The zero-order valence-corrected chi connectivity index (χ0v) is 10.8. The molecule has 0 aromatic heterocycles. The summed E-state index contributed by atoms with van der Waals surface area (Å²) in [4.78, 5) is 24.8. The lowest BCUT2D eigenvalue weighted by atomic mass is 9.89. The minimum atomic E-state index is -0.964. The van der Waals surface area contributed by atoms with Crippen LogP contribution in [0.25, 0.3) is 0 Å². The number of piperidine rings is 1. The van der Waals surface area contributed by atoms with E-state index in [1.54, 1.807) is 6.92 Å². The number of hydrogen-bond acceptors (Lipinski definition) is 3. The molecular formula is C12H22N2O3. The second-order valence-corrected chi connectivity index (χ2v) is 5.25. The molecule has 0 bridgehead atoms. The number of hydrogen-bond donors (Lipinski definition) is 2. The molecule has 3 N–H and O–H groups in total. The molecule has 0 saturated carbocycles. The molecule has 0 aromatic rings. The summed E-state index contributed by atoms with van der Waals surface area (Å²) in [5.74, 6) is -0.845. The first-order valence-electron chi connectivity index (χ1n) is 6.12. The molecular weight excluding hydrogens is 220 g/mol. The third kappa shape index (κ3) is 2.97. The van der Waals surface area contributed by atoms with Crippen LogP contribution in [-0.4, -0.2) is 40.0 Å². The second-order valence-electron chi connectivity index (χ2n) is 5.25. The fourth-order valence-electron chi connectivity index (χ4n) is 2.10. The fourth-order valence-corrected chi connectivity index (χ4v) is 2.10. The highest BCUT2D eigenvalue weighted by Gasteiger charge is 2.40. The van der Waals surface area contributed by atoms with Gasteiger partial charge < -0.3 is 15.7 Å². The van der Waals surface area contributed by atoms with E-state index in [2.05, 4.69) is 0 Å². The van der Waals surface area contributed by atoms with Crippen LogP contribution >= 0.6 is 0 Å². The summed E-state index contributed by atoms with van der Waals surface area (Å²) in [7, 11) is 0. The molecule has 3 unspecified atom stereocenters. The highest BCUT2D eigenvalue weighted by molar-refractivity contribution is 5.89. The van der Waals surface area contributed by atoms with E-state index in [9.17, 15) is 14.7 Å². The third-order valence-electron chi connectivity index (χ3n) is 3.63. The number of carbonyl (C=O) groups excluding carboxylic acids is 1. The molecule has 1 heterocycles. The minimum Gasteiger partial charge on any atom is -0.480 e. The fraction of sp³-hybridized carbons (Fsp3) is 0.833. The zero-order chi connectivity index (χ0) is 13.2. The van der Waals surface area contributed by atoms with Gasteiger partial charge in [-0.05, 0) is 32.1 Å². The molecule has 0 aromatic carbocycles. The lowest BCUT2D eigenvalue weighted by Gasteiger charge is -2.39. The average molecular weight is 242 g/mol. The van der Waals surface area contributed by atoms with Crippen molar-refractivity contribution in [3.8, 4) is 0 Å². The van der Waals surface area contributed by atoms with Gasteiger partial charge in [-0.2, -0.15) is 0 Å². The van der Waals surface area contributed by atoms with E-state index in [1.807, 2.05) is 13.8 Å². The van der Waals surface area contributed by atoms with E-state index in [0.717, 1.165) is 6.42 Å². The summed E-state index contributed by atoms with van der Waals surface area (Å²) in [6.07, 6.45) is 1.86. The molecule has 0 aliphatic carbocycles. The summed E-state index contributed by atoms with van der Waals surface area (Å²) in [5, 5.41) is 9.18. The molecule has 98 valence electrons. The Hall–Kier alpha value is -1.10. The van der Waals surface area contributed by atoms with Crippen molar-refractivity contribution in [2.24, 2.45) is 11.7 Å². The van der Waals surface area contributed by atoms with Gasteiger partial charge in [0.05, 0.1) is 5.54 Å². The maximum absolute atomic E-state index is 12.2. The smallest absolute Gasteiger partial charge is 0.326 e. The van der Waals surface area contributed by atoms with Crippen molar-refractivity contribution in [2.45, 2.75) is 51.6 Å². The maximum Gasteiger partial charge on any atom is 0.326 e. The monoisotopic (exact) mass is 242 g/mol. The van der Waals surface area contributed by atoms with Crippen molar-refractivity contribution in [2.75, 3.05) is 6.54 Å². The van der Waals surface area contributed by atoms with Crippen molar-refractivity contribution in [1.82, 2.24) is 4.90 Å². The quantitative estimate of drug-likeness (QED) is 0.767. The number of likely N-dealkylation sites (tertiary alicyclic amines) is 1. The van der Waals surface area contributed by atoms with E-state index >= 15 is 0 Å². The third-order valence-corrected chi connectivity index (χ3v) is 3.63. The average Bonchev–Trinajstić information content (AvgIpc) is 2.28. The number of carboxylic acids is 1. The van der Waals surface area contributed by atoms with Crippen molar-refractivity contribution in [1.29, 1.82) is 0 Å². The number of amides is 1. The topological polar surface area (TPSA) is 83.6 Å². The molecule has 1 amide bonds. The predicted molar refractivity (Wildman–Crippen MR) is 64.4 cm³/mol. The molecule has 1 rings (SSSR count). The summed E-state index contributed by atoms with van der Waals surface area (Å²) in [5.41, 5.74) is 4.94. The number of carbonyl (C=O) groups is 2. The first-order chi connectivity index (χ1) is 7.79. The molecule has 5 nitrogen and oxygen atoms in total. The largest absolute Gasteiger partial charge is 0.480 e. The number of nitrogens with zero attached hydrogens (tertiary/aromatic N) is 1.